The summed E-state index contributed by atoms with van der Waals surface area (Å²) < 4.78 is 10.5. The lowest BCUT2D eigenvalue weighted by atomic mass is 9.99. The van der Waals surface area contributed by atoms with Gasteiger partial charge in [-0.1, -0.05) is 5.22 Å². The predicted octanol–water partition coefficient (Wildman–Crippen LogP) is 0.749. The quantitative estimate of drug-likeness (QED) is 0.274. The second-order valence-corrected chi connectivity index (χ2v) is 7.29. The first-order valence-corrected chi connectivity index (χ1v) is 9.60. The van der Waals surface area contributed by atoms with E-state index in [2.05, 4.69) is 10.3 Å². The Morgan fingerprint density at radius 1 is 0.906 bits per heavy atom. The van der Waals surface area contributed by atoms with E-state index in [1.54, 1.807) is 43.4 Å². The fourth-order valence-corrected chi connectivity index (χ4v) is 2.96. The molecule has 32 heavy (non-hydrogen) atoms. The van der Waals surface area contributed by atoms with Gasteiger partial charge in [-0.05, 0) is 48.5 Å². The van der Waals surface area contributed by atoms with Gasteiger partial charge in [0.2, 0.25) is 6.29 Å². The van der Waals surface area contributed by atoms with Crippen LogP contribution in [0.25, 0.3) is 0 Å². The van der Waals surface area contributed by atoms with Gasteiger partial charge in [0.15, 0.2) is 11.9 Å². The van der Waals surface area contributed by atoms with Gasteiger partial charge in [-0.25, -0.2) is 4.79 Å². The highest BCUT2D eigenvalue weighted by Crippen LogP contribution is 2.25. The van der Waals surface area contributed by atoms with E-state index in [0.29, 0.717) is 16.8 Å². The Labute approximate surface area is 183 Å². The fraction of sp³-hybridized carbons (Fsp3) is 0.333. The largest absolute Gasteiger partial charge is 0.479 e. The molecule has 2 aromatic rings. The summed E-state index contributed by atoms with van der Waals surface area (Å²) >= 11 is 0. The minimum atomic E-state index is -1.81. The highest BCUT2D eigenvalue weighted by molar-refractivity contribution is 6.09. The van der Waals surface area contributed by atoms with Gasteiger partial charge >= 0.3 is 5.97 Å². The average molecular weight is 445 g/mol. The highest BCUT2D eigenvalue weighted by atomic mass is 16.7. The van der Waals surface area contributed by atoms with Gasteiger partial charge in [-0.15, -0.1) is 5.11 Å². The maximum atomic E-state index is 12.7. The monoisotopic (exact) mass is 445 g/mol. The number of carbonyl (C=O) groups is 2. The van der Waals surface area contributed by atoms with Crippen molar-refractivity contribution in [2.75, 3.05) is 14.1 Å². The summed E-state index contributed by atoms with van der Waals surface area (Å²) in [5, 5.41) is 48.1. The molecule has 0 radical (unpaired) electrons. The number of carboxylic acids is 1. The zero-order valence-electron chi connectivity index (χ0n) is 17.3. The van der Waals surface area contributed by atoms with Gasteiger partial charge < -0.3 is 29.9 Å². The lowest BCUT2D eigenvalue weighted by Crippen LogP contribution is -2.61. The molecule has 11 nitrogen and oxygen atoms in total. The Balaban J connectivity index is 1.68. The average Bonchev–Trinajstić information content (AvgIpc) is 2.78. The number of aliphatic hydroxyl groups is 3. The van der Waals surface area contributed by atoms with Crippen molar-refractivity contribution in [3.8, 4) is 5.75 Å². The minimum absolute atomic E-state index is 0.165. The Kier molecular flexibility index (Phi) is 7.15. The third-order valence-electron chi connectivity index (χ3n) is 4.65. The molecule has 0 aliphatic carbocycles. The van der Waals surface area contributed by atoms with Crippen molar-refractivity contribution in [2.45, 2.75) is 30.7 Å². The van der Waals surface area contributed by atoms with Crippen LogP contribution in [-0.2, 0) is 9.53 Å². The van der Waals surface area contributed by atoms with Crippen LogP contribution in [-0.4, -0.2) is 82.0 Å². The first-order valence-electron chi connectivity index (χ1n) is 9.60. The summed E-state index contributed by atoms with van der Waals surface area (Å²) in [5.41, 5.74) is 1.40. The molecule has 1 heterocycles. The molecule has 0 amide bonds. The summed E-state index contributed by atoms with van der Waals surface area (Å²) in [5.74, 6) is -1.59. The first-order chi connectivity index (χ1) is 15.2. The normalized spacial score (nSPS) is 25.5. The maximum absolute atomic E-state index is 12.7. The lowest BCUT2D eigenvalue weighted by molar-refractivity contribution is -0.271. The van der Waals surface area contributed by atoms with Gasteiger partial charge in [0.25, 0.3) is 0 Å². The van der Waals surface area contributed by atoms with Crippen LogP contribution >= 0.6 is 0 Å². The van der Waals surface area contributed by atoms with Crippen molar-refractivity contribution in [3.63, 3.8) is 0 Å². The van der Waals surface area contributed by atoms with Crippen LogP contribution in [0, 0.1) is 0 Å². The third kappa shape index (κ3) is 5.26. The number of rotatable bonds is 7. The van der Waals surface area contributed by atoms with Gasteiger partial charge in [-0.2, -0.15) is 0 Å². The van der Waals surface area contributed by atoms with Crippen LogP contribution in [0.4, 0.5) is 5.69 Å². The number of hydrogen-bond donors (Lipinski definition) is 4. The molecule has 2 aromatic carbocycles. The van der Waals surface area contributed by atoms with Crippen molar-refractivity contribution in [3.05, 3.63) is 59.7 Å². The second kappa shape index (κ2) is 9.83. The summed E-state index contributed by atoms with van der Waals surface area (Å²) in [6.45, 7) is 0. The number of ether oxygens (including phenoxy) is 2. The predicted molar refractivity (Wildman–Crippen MR) is 109 cm³/mol. The number of hydrogen-bond acceptors (Lipinski definition) is 9. The molecule has 4 N–H and O–H groups in total. The molecule has 0 bridgehead atoms. The van der Waals surface area contributed by atoms with Crippen molar-refractivity contribution < 1.29 is 39.5 Å². The summed E-state index contributed by atoms with van der Waals surface area (Å²) in [4.78, 5) is 23.9. The molecular formula is C21H23N3O8. The van der Waals surface area contributed by atoms with E-state index in [9.17, 15) is 24.9 Å². The standard InChI is InChI=1S/C21H23N3O8/c1-24(2)23-22-13-7-3-11(4-8-13)15(25)12-5-9-14(10-6-12)31-21-18(28)16(26)17(27)19(32-21)20(29)30/h3-10,16-19,21,26-28H,1-2H3,(H,29,30)/t16-,17-,18+,19-,21+/m1/s1. The van der Waals surface area contributed by atoms with E-state index in [4.69, 9.17) is 14.6 Å². The zero-order valence-corrected chi connectivity index (χ0v) is 17.3. The molecule has 5 atom stereocenters. The number of ketones is 1. The molecule has 1 fully saturated rings. The van der Waals surface area contributed by atoms with Crippen molar-refractivity contribution >= 4 is 17.4 Å². The number of benzene rings is 2. The molecule has 0 aromatic heterocycles. The molecule has 170 valence electrons. The van der Waals surface area contributed by atoms with Crippen LogP contribution in [0.5, 0.6) is 5.75 Å². The van der Waals surface area contributed by atoms with Gasteiger partial charge in [-0.3, -0.25) is 9.80 Å². The molecule has 0 saturated carbocycles. The van der Waals surface area contributed by atoms with Gasteiger partial charge in [0.1, 0.15) is 24.1 Å². The highest BCUT2D eigenvalue weighted by Gasteiger charge is 2.48. The van der Waals surface area contributed by atoms with Crippen LogP contribution in [0.2, 0.25) is 0 Å². The number of carboxylic acid groups (broad SMARTS) is 1. The summed E-state index contributed by atoms with van der Waals surface area (Å²) in [6, 6.07) is 12.4. The van der Waals surface area contributed by atoms with E-state index in [-0.39, 0.29) is 11.5 Å². The lowest BCUT2D eigenvalue weighted by Gasteiger charge is -2.38. The fourth-order valence-electron chi connectivity index (χ4n) is 2.96. The number of aliphatic carboxylic acids is 1. The molecule has 0 unspecified atom stereocenters. The van der Waals surface area contributed by atoms with E-state index in [0.717, 1.165) is 0 Å². The summed E-state index contributed by atoms with van der Waals surface area (Å²) in [7, 11) is 3.48. The smallest absolute Gasteiger partial charge is 0.335 e. The van der Waals surface area contributed by atoms with E-state index >= 15 is 0 Å². The molecule has 1 aliphatic rings. The topological polar surface area (TPSA) is 161 Å². The van der Waals surface area contributed by atoms with Crippen molar-refractivity contribution in [1.82, 2.24) is 5.01 Å². The van der Waals surface area contributed by atoms with Crippen LogP contribution in [0.1, 0.15) is 15.9 Å². The minimum Gasteiger partial charge on any atom is -0.479 e. The first kappa shape index (κ1) is 23.3. The van der Waals surface area contributed by atoms with Gasteiger partial charge in [0, 0.05) is 25.2 Å². The Bertz CT molecular complexity index is 978. The second-order valence-electron chi connectivity index (χ2n) is 7.29. The number of nitrogens with zero attached hydrogens (tertiary/aromatic N) is 3. The molecule has 3 rings (SSSR count). The number of aliphatic hydroxyl groups excluding tert-OH is 3. The van der Waals surface area contributed by atoms with E-state index in [1.807, 2.05) is 0 Å². The summed E-state index contributed by atoms with van der Waals surface area (Å²) in [6.07, 6.45) is -8.54. The Morgan fingerprint density at radius 2 is 1.47 bits per heavy atom. The van der Waals surface area contributed by atoms with Gasteiger partial charge in [0.05, 0.1) is 5.69 Å². The molecular weight excluding hydrogens is 422 g/mol. The third-order valence-corrected chi connectivity index (χ3v) is 4.65. The van der Waals surface area contributed by atoms with Crippen LogP contribution < -0.4 is 4.74 Å². The van der Waals surface area contributed by atoms with Crippen molar-refractivity contribution in [1.29, 1.82) is 0 Å². The van der Waals surface area contributed by atoms with E-state index in [1.165, 1.54) is 24.3 Å². The van der Waals surface area contributed by atoms with Crippen LogP contribution in [0.3, 0.4) is 0 Å². The molecule has 11 heteroatoms. The zero-order chi connectivity index (χ0) is 23.4. The van der Waals surface area contributed by atoms with Crippen LogP contribution in [0.15, 0.2) is 58.9 Å². The van der Waals surface area contributed by atoms with Crippen molar-refractivity contribution in [2.24, 2.45) is 10.3 Å². The molecule has 0 spiro atoms. The number of carbonyl (C=O) groups excluding carboxylic acids is 1. The SMILES string of the molecule is CN(C)N=Nc1ccc(C(=O)c2ccc(O[C@H]3O[C@@H](C(=O)O)[C@H](O)[C@@H](O)[C@@H]3O)cc2)cc1. The Hall–Kier alpha value is -3.38. The van der Waals surface area contributed by atoms with E-state index < -0.39 is 36.7 Å². The molecule has 1 aliphatic heterocycles. The Morgan fingerprint density at radius 3 is 2.00 bits per heavy atom. The molecule has 1 saturated heterocycles. The maximum Gasteiger partial charge on any atom is 0.335 e.